The molecular formula is C23H18FN3O2S. The maximum atomic E-state index is 13.3. The van der Waals surface area contributed by atoms with Gasteiger partial charge in [0.1, 0.15) is 5.82 Å². The average Bonchev–Trinajstić information content (AvgIpc) is 3.27. The minimum Gasteiger partial charge on any atom is -0.477 e. The fourth-order valence-electron chi connectivity index (χ4n) is 2.90. The number of nitrogens with zero attached hydrogens (tertiary/aromatic N) is 2. The standard InChI is InChI=1S/C23H18FN3O2S/c24-19-7-1-4-16(14-19)10-12-29-21-9-3-8-20(26-21)17-5-2-6-18(15-17)22(28)27-23-25-11-13-30-23/h1-9,11,13-15H,10,12H2,(H,25,27,28). The zero-order chi connectivity index (χ0) is 20.8. The topological polar surface area (TPSA) is 64.1 Å². The second-order valence-electron chi connectivity index (χ2n) is 6.46. The summed E-state index contributed by atoms with van der Waals surface area (Å²) < 4.78 is 19.0. The molecule has 1 N–H and O–H groups in total. The number of anilines is 1. The summed E-state index contributed by atoms with van der Waals surface area (Å²) in [5.41, 5.74) is 2.88. The highest BCUT2D eigenvalue weighted by atomic mass is 32.1. The highest BCUT2D eigenvalue weighted by molar-refractivity contribution is 7.13. The van der Waals surface area contributed by atoms with Crippen molar-refractivity contribution in [3.63, 3.8) is 0 Å². The lowest BCUT2D eigenvalue weighted by atomic mass is 10.1. The van der Waals surface area contributed by atoms with E-state index in [0.717, 1.165) is 11.1 Å². The summed E-state index contributed by atoms with van der Waals surface area (Å²) in [5.74, 6) is -0.0118. The minimum absolute atomic E-state index is 0.228. The Morgan fingerprint density at radius 1 is 1.07 bits per heavy atom. The third-order valence-corrected chi connectivity index (χ3v) is 5.02. The lowest BCUT2D eigenvalue weighted by molar-refractivity contribution is 0.102. The van der Waals surface area contributed by atoms with Crippen LogP contribution in [0.15, 0.2) is 78.3 Å². The predicted molar refractivity (Wildman–Crippen MR) is 115 cm³/mol. The molecule has 7 heteroatoms. The Kier molecular flexibility index (Phi) is 6.10. The van der Waals surface area contributed by atoms with Crippen molar-refractivity contribution in [3.8, 4) is 17.1 Å². The third-order valence-electron chi connectivity index (χ3n) is 4.33. The molecule has 0 unspecified atom stereocenters. The number of aromatic nitrogens is 2. The maximum absolute atomic E-state index is 13.3. The van der Waals surface area contributed by atoms with E-state index in [-0.39, 0.29) is 11.7 Å². The molecule has 4 aromatic rings. The number of nitrogens with one attached hydrogen (secondary N) is 1. The van der Waals surface area contributed by atoms with E-state index >= 15 is 0 Å². The number of hydrogen-bond donors (Lipinski definition) is 1. The quantitative estimate of drug-likeness (QED) is 0.446. The normalized spacial score (nSPS) is 10.6. The Bertz CT molecular complexity index is 1150. The second-order valence-corrected chi connectivity index (χ2v) is 7.36. The molecule has 0 radical (unpaired) electrons. The molecule has 0 saturated carbocycles. The van der Waals surface area contributed by atoms with E-state index in [1.807, 2.05) is 30.3 Å². The molecule has 0 bridgehead atoms. The van der Waals surface area contributed by atoms with E-state index in [1.54, 1.807) is 35.8 Å². The van der Waals surface area contributed by atoms with Crippen molar-refractivity contribution in [2.75, 3.05) is 11.9 Å². The van der Waals surface area contributed by atoms with Crippen molar-refractivity contribution in [3.05, 3.63) is 95.3 Å². The molecule has 2 aromatic carbocycles. The fraction of sp³-hybridized carbons (Fsp3) is 0.0870. The number of amides is 1. The molecule has 4 rings (SSSR count). The van der Waals surface area contributed by atoms with Crippen LogP contribution >= 0.6 is 11.3 Å². The number of carbonyl (C=O) groups is 1. The van der Waals surface area contributed by atoms with Crippen molar-refractivity contribution >= 4 is 22.4 Å². The first-order chi connectivity index (χ1) is 14.7. The van der Waals surface area contributed by atoms with Crippen LogP contribution in [0.5, 0.6) is 5.88 Å². The molecule has 0 fully saturated rings. The van der Waals surface area contributed by atoms with Crippen LogP contribution in [0.1, 0.15) is 15.9 Å². The third kappa shape index (κ3) is 5.07. The van der Waals surface area contributed by atoms with E-state index in [2.05, 4.69) is 15.3 Å². The van der Waals surface area contributed by atoms with Crippen molar-refractivity contribution in [2.24, 2.45) is 0 Å². The summed E-state index contributed by atoms with van der Waals surface area (Å²) in [6.45, 7) is 0.385. The Morgan fingerprint density at radius 3 is 2.77 bits per heavy atom. The molecule has 0 saturated heterocycles. The van der Waals surface area contributed by atoms with Crippen LogP contribution in [-0.2, 0) is 6.42 Å². The van der Waals surface area contributed by atoms with Gasteiger partial charge in [0, 0.05) is 35.2 Å². The monoisotopic (exact) mass is 419 g/mol. The largest absolute Gasteiger partial charge is 0.477 e. The number of rotatable bonds is 7. The van der Waals surface area contributed by atoms with Crippen molar-refractivity contribution in [2.45, 2.75) is 6.42 Å². The van der Waals surface area contributed by atoms with Gasteiger partial charge >= 0.3 is 0 Å². The molecule has 2 aromatic heterocycles. The first-order valence-corrected chi connectivity index (χ1v) is 10.2. The Hall–Kier alpha value is -3.58. The lowest BCUT2D eigenvalue weighted by Gasteiger charge is -2.09. The van der Waals surface area contributed by atoms with Gasteiger partial charge in [-0.2, -0.15) is 0 Å². The van der Waals surface area contributed by atoms with Gasteiger partial charge in [0.25, 0.3) is 5.91 Å². The first kappa shape index (κ1) is 19.7. The molecule has 0 aliphatic rings. The minimum atomic E-state index is -0.258. The molecule has 0 aliphatic carbocycles. The summed E-state index contributed by atoms with van der Waals surface area (Å²) in [6, 6.07) is 19.2. The molecule has 150 valence electrons. The van der Waals surface area contributed by atoms with E-state index < -0.39 is 0 Å². The predicted octanol–water partition coefficient (Wildman–Crippen LogP) is 5.22. The van der Waals surface area contributed by atoms with Gasteiger partial charge in [0.05, 0.1) is 12.3 Å². The highest BCUT2D eigenvalue weighted by Crippen LogP contribution is 2.22. The van der Waals surface area contributed by atoms with Gasteiger partial charge in [-0.3, -0.25) is 10.1 Å². The molecule has 5 nitrogen and oxygen atoms in total. The summed E-state index contributed by atoms with van der Waals surface area (Å²) in [5, 5.41) is 5.13. The summed E-state index contributed by atoms with van der Waals surface area (Å²) in [4.78, 5) is 21.0. The van der Waals surface area contributed by atoms with E-state index in [9.17, 15) is 9.18 Å². The van der Waals surface area contributed by atoms with Gasteiger partial charge in [0.15, 0.2) is 5.13 Å². The number of benzene rings is 2. The van der Waals surface area contributed by atoms with Crippen LogP contribution in [0.25, 0.3) is 11.3 Å². The van der Waals surface area contributed by atoms with Crippen molar-refractivity contribution in [1.82, 2.24) is 9.97 Å². The van der Waals surface area contributed by atoms with Gasteiger partial charge in [-0.1, -0.05) is 30.3 Å². The van der Waals surface area contributed by atoms with Crippen LogP contribution in [-0.4, -0.2) is 22.5 Å². The van der Waals surface area contributed by atoms with Gasteiger partial charge in [0.2, 0.25) is 5.88 Å². The summed E-state index contributed by atoms with van der Waals surface area (Å²) >= 11 is 1.36. The number of carbonyl (C=O) groups excluding carboxylic acids is 1. The summed E-state index contributed by atoms with van der Waals surface area (Å²) in [7, 11) is 0. The fourth-order valence-corrected chi connectivity index (χ4v) is 3.42. The Balaban J connectivity index is 1.43. The number of halogens is 1. The number of hydrogen-bond acceptors (Lipinski definition) is 5. The van der Waals surface area contributed by atoms with Gasteiger partial charge in [-0.25, -0.2) is 14.4 Å². The Morgan fingerprint density at radius 2 is 1.93 bits per heavy atom. The van der Waals surface area contributed by atoms with Gasteiger partial charge in [-0.05, 0) is 35.9 Å². The van der Waals surface area contributed by atoms with Gasteiger partial charge in [-0.15, -0.1) is 11.3 Å². The van der Waals surface area contributed by atoms with E-state index in [4.69, 9.17) is 4.74 Å². The molecule has 0 aliphatic heterocycles. The van der Waals surface area contributed by atoms with Crippen molar-refractivity contribution in [1.29, 1.82) is 0 Å². The number of pyridine rings is 1. The molecule has 0 atom stereocenters. The zero-order valence-corrected chi connectivity index (χ0v) is 16.7. The van der Waals surface area contributed by atoms with Crippen LogP contribution in [0, 0.1) is 5.82 Å². The lowest BCUT2D eigenvalue weighted by Crippen LogP contribution is -2.11. The molecule has 2 heterocycles. The maximum Gasteiger partial charge on any atom is 0.257 e. The van der Waals surface area contributed by atoms with Gasteiger partial charge < -0.3 is 4.74 Å². The molecule has 0 spiro atoms. The summed E-state index contributed by atoms with van der Waals surface area (Å²) in [6.07, 6.45) is 2.22. The Labute approximate surface area is 177 Å². The smallest absolute Gasteiger partial charge is 0.257 e. The van der Waals surface area contributed by atoms with Crippen LogP contribution < -0.4 is 10.1 Å². The average molecular weight is 419 g/mol. The number of ether oxygens (including phenoxy) is 1. The van der Waals surface area contributed by atoms with E-state index in [0.29, 0.717) is 35.3 Å². The second kappa shape index (κ2) is 9.28. The zero-order valence-electron chi connectivity index (χ0n) is 15.9. The van der Waals surface area contributed by atoms with E-state index in [1.165, 1.54) is 23.5 Å². The van der Waals surface area contributed by atoms with Crippen LogP contribution in [0.3, 0.4) is 0 Å². The van der Waals surface area contributed by atoms with Crippen molar-refractivity contribution < 1.29 is 13.9 Å². The molecule has 1 amide bonds. The first-order valence-electron chi connectivity index (χ1n) is 9.33. The van der Waals surface area contributed by atoms with Crippen LogP contribution in [0.4, 0.5) is 9.52 Å². The molecular weight excluding hydrogens is 401 g/mol. The number of thiazole rings is 1. The SMILES string of the molecule is O=C(Nc1nccs1)c1cccc(-c2cccc(OCCc3cccc(F)c3)n2)c1. The highest BCUT2D eigenvalue weighted by Gasteiger charge is 2.10. The van der Waals surface area contributed by atoms with Crippen LogP contribution in [0.2, 0.25) is 0 Å². The molecule has 30 heavy (non-hydrogen) atoms.